The van der Waals surface area contributed by atoms with Crippen molar-refractivity contribution in [3.05, 3.63) is 34.3 Å². The van der Waals surface area contributed by atoms with Crippen LogP contribution in [0.5, 0.6) is 0 Å². The fourth-order valence-electron chi connectivity index (χ4n) is 2.65. The topological polar surface area (TPSA) is 12.0 Å². The van der Waals surface area contributed by atoms with Crippen LogP contribution in [0.1, 0.15) is 36.9 Å². The van der Waals surface area contributed by atoms with Gasteiger partial charge in [-0.25, -0.2) is 0 Å². The first-order chi connectivity index (χ1) is 7.24. The Morgan fingerprint density at radius 3 is 2.87 bits per heavy atom. The van der Waals surface area contributed by atoms with E-state index in [0.29, 0.717) is 12.1 Å². The molecule has 2 unspecified atom stereocenters. The molecule has 0 amide bonds. The molecule has 0 spiro atoms. The van der Waals surface area contributed by atoms with Crippen molar-refractivity contribution < 1.29 is 0 Å². The summed E-state index contributed by atoms with van der Waals surface area (Å²) in [5, 5.41) is 4.57. The van der Waals surface area contributed by atoms with Crippen molar-refractivity contribution >= 4 is 11.6 Å². The van der Waals surface area contributed by atoms with Crippen molar-refractivity contribution in [2.75, 3.05) is 0 Å². The van der Waals surface area contributed by atoms with Gasteiger partial charge in [0.2, 0.25) is 0 Å². The third-order valence-corrected chi connectivity index (χ3v) is 3.76. The summed E-state index contributed by atoms with van der Waals surface area (Å²) in [6.07, 6.45) is 3.88. The third-order valence-electron chi connectivity index (χ3n) is 3.53. The minimum Gasteiger partial charge on any atom is -0.307 e. The molecule has 1 N–H and O–H groups in total. The molecule has 1 nitrogen and oxygen atoms in total. The molecule has 2 heteroatoms. The average molecular weight is 222 g/mol. The summed E-state index contributed by atoms with van der Waals surface area (Å²) in [5.74, 6) is 0.852. The van der Waals surface area contributed by atoms with E-state index in [1.807, 2.05) is 6.07 Å². The molecule has 1 aliphatic heterocycles. The molecule has 3 rings (SSSR count). The second-order valence-corrected chi connectivity index (χ2v) is 5.37. The van der Waals surface area contributed by atoms with Crippen molar-refractivity contribution in [2.24, 2.45) is 5.92 Å². The first-order valence-corrected chi connectivity index (χ1v) is 6.16. The van der Waals surface area contributed by atoms with Crippen LogP contribution in [0.25, 0.3) is 0 Å². The highest BCUT2D eigenvalue weighted by Gasteiger charge is 2.36. The predicted molar refractivity (Wildman–Crippen MR) is 63.2 cm³/mol. The van der Waals surface area contributed by atoms with Crippen LogP contribution in [0.2, 0.25) is 5.02 Å². The highest BCUT2D eigenvalue weighted by molar-refractivity contribution is 6.30. The molecule has 2 aliphatic rings. The average Bonchev–Trinajstić information content (AvgIpc) is 3.01. The number of benzene rings is 1. The zero-order chi connectivity index (χ0) is 10.4. The second-order valence-electron chi connectivity index (χ2n) is 4.93. The van der Waals surface area contributed by atoms with Gasteiger partial charge in [-0.05, 0) is 55.4 Å². The lowest BCUT2D eigenvalue weighted by Gasteiger charge is -2.31. The fourth-order valence-corrected chi connectivity index (χ4v) is 2.83. The SMILES string of the molecule is CC1Cc2ccc(Cl)cc2C(C2CC2)N1. The summed E-state index contributed by atoms with van der Waals surface area (Å²) < 4.78 is 0. The zero-order valence-electron chi connectivity index (χ0n) is 8.96. The first-order valence-electron chi connectivity index (χ1n) is 5.78. The Kier molecular flexibility index (Phi) is 2.26. The number of hydrogen-bond acceptors (Lipinski definition) is 1. The fraction of sp³-hybridized carbons (Fsp3) is 0.538. The van der Waals surface area contributed by atoms with Crippen molar-refractivity contribution in [1.82, 2.24) is 5.32 Å². The highest BCUT2D eigenvalue weighted by atomic mass is 35.5. The Morgan fingerprint density at radius 2 is 2.13 bits per heavy atom. The summed E-state index contributed by atoms with van der Waals surface area (Å²) in [7, 11) is 0. The van der Waals surface area contributed by atoms with Crippen LogP contribution in [-0.4, -0.2) is 6.04 Å². The van der Waals surface area contributed by atoms with Gasteiger partial charge in [0.1, 0.15) is 0 Å². The molecule has 0 radical (unpaired) electrons. The number of rotatable bonds is 1. The maximum Gasteiger partial charge on any atom is 0.0409 e. The van der Waals surface area contributed by atoms with Crippen molar-refractivity contribution in [1.29, 1.82) is 0 Å². The number of hydrogen-bond donors (Lipinski definition) is 1. The van der Waals surface area contributed by atoms with Gasteiger partial charge in [0.25, 0.3) is 0 Å². The molecular formula is C13H16ClN. The Hall–Kier alpha value is -0.530. The first kappa shape index (κ1) is 9.68. The van der Waals surface area contributed by atoms with Gasteiger partial charge in [0.15, 0.2) is 0 Å². The Balaban J connectivity index is 2.02. The summed E-state index contributed by atoms with van der Waals surface area (Å²) >= 11 is 6.08. The maximum absolute atomic E-state index is 6.08. The van der Waals surface area contributed by atoms with Gasteiger partial charge in [0, 0.05) is 17.1 Å². The number of nitrogens with one attached hydrogen (secondary N) is 1. The van der Waals surface area contributed by atoms with Crippen molar-refractivity contribution in [3.63, 3.8) is 0 Å². The van der Waals surface area contributed by atoms with Gasteiger partial charge in [-0.3, -0.25) is 0 Å². The lowest BCUT2D eigenvalue weighted by atomic mass is 9.88. The van der Waals surface area contributed by atoms with Crippen molar-refractivity contribution in [3.8, 4) is 0 Å². The van der Waals surface area contributed by atoms with E-state index in [1.165, 1.54) is 24.0 Å². The minimum absolute atomic E-state index is 0.558. The van der Waals surface area contributed by atoms with Gasteiger partial charge in [-0.1, -0.05) is 17.7 Å². The van der Waals surface area contributed by atoms with Gasteiger partial charge in [-0.15, -0.1) is 0 Å². The smallest absolute Gasteiger partial charge is 0.0409 e. The van der Waals surface area contributed by atoms with Crippen LogP contribution in [0.3, 0.4) is 0 Å². The summed E-state index contributed by atoms with van der Waals surface area (Å²) in [6.45, 7) is 2.27. The maximum atomic E-state index is 6.08. The van der Waals surface area contributed by atoms with E-state index in [1.54, 1.807) is 0 Å². The molecule has 1 heterocycles. The van der Waals surface area contributed by atoms with Crippen LogP contribution in [0.15, 0.2) is 18.2 Å². The van der Waals surface area contributed by atoms with E-state index >= 15 is 0 Å². The number of fused-ring (bicyclic) bond motifs is 1. The molecule has 1 aromatic carbocycles. The van der Waals surface area contributed by atoms with Gasteiger partial charge in [0.05, 0.1) is 0 Å². The highest BCUT2D eigenvalue weighted by Crippen LogP contribution is 2.44. The molecule has 15 heavy (non-hydrogen) atoms. The molecular weight excluding hydrogens is 206 g/mol. The van der Waals surface area contributed by atoms with Gasteiger partial charge in [-0.2, -0.15) is 0 Å². The lowest BCUT2D eigenvalue weighted by Crippen LogP contribution is -2.38. The van der Waals surface area contributed by atoms with E-state index in [2.05, 4.69) is 24.4 Å². The number of halogens is 1. The van der Waals surface area contributed by atoms with Crippen molar-refractivity contribution in [2.45, 2.75) is 38.3 Å². The molecule has 80 valence electrons. The van der Waals surface area contributed by atoms with Crippen LogP contribution in [-0.2, 0) is 6.42 Å². The molecule has 1 fully saturated rings. The monoisotopic (exact) mass is 221 g/mol. The van der Waals surface area contributed by atoms with Crippen LogP contribution >= 0.6 is 11.6 Å². The van der Waals surface area contributed by atoms with E-state index in [-0.39, 0.29) is 0 Å². The predicted octanol–water partition coefficient (Wildman–Crippen LogP) is 3.33. The Labute approximate surface area is 95.8 Å². The molecule has 1 aromatic rings. The second kappa shape index (κ2) is 3.50. The van der Waals surface area contributed by atoms with E-state index in [4.69, 9.17) is 11.6 Å². The Morgan fingerprint density at radius 1 is 1.33 bits per heavy atom. The van der Waals surface area contributed by atoms with Gasteiger partial charge < -0.3 is 5.32 Å². The largest absolute Gasteiger partial charge is 0.307 e. The molecule has 0 bridgehead atoms. The zero-order valence-corrected chi connectivity index (χ0v) is 9.72. The molecule has 0 saturated heterocycles. The normalized spacial score (nSPS) is 30.0. The lowest BCUT2D eigenvalue weighted by molar-refractivity contribution is 0.390. The van der Waals surface area contributed by atoms with Crippen LogP contribution in [0, 0.1) is 5.92 Å². The molecule has 1 saturated carbocycles. The summed E-state index contributed by atoms with van der Waals surface area (Å²) in [4.78, 5) is 0. The van der Waals surface area contributed by atoms with Crippen LogP contribution < -0.4 is 5.32 Å². The van der Waals surface area contributed by atoms with Crippen LogP contribution in [0.4, 0.5) is 0 Å². The van der Waals surface area contributed by atoms with E-state index in [9.17, 15) is 0 Å². The molecule has 1 aliphatic carbocycles. The summed E-state index contributed by atoms with van der Waals surface area (Å²) in [6, 6.07) is 7.53. The Bertz CT molecular complexity index is 384. The quantitative estimate of drug-likeness (QED) is 0.767. The minimum atomic E-state index is 0.558. The molecule has 0 aromatic heterocycles. The van der Waals surface area contributed by atoms with Gasteiger partial charge >= 0.3 is 0 Å². The summed E-state index contributed by atoms with van der Waals surface area (Å²) in [5.41, 5.74) is 2.94. The van der Waals surface area contributed by atoms with E-state index < -0.39 is 0 Å². The van der Waals surface area contributed by atoms with E-state index in [0.717, 1.165) is 17.4 Å². The standard InChI is InChI=1S/C13H16ClN/c1-8-6-10-4-5-11(14)7-12(10)13(15-8)9-2-3-9/h4-5,7-9,13,15H,2-3,6H2,1H3. The third kappa shape index (κ3) is 1.79. The molecule has 2 atom stereocenters.